The van der Waals surface area contributed by atoms with Crippen molar-refractivity contribution in [1.29, 1.82) is 0 Å². The molecule has 0 bridgehead atoms. The molecule has 2 atom stereocenters. The SMILES string of the molecule is CCNC1(c2nc(C(C)C)cs2)CCCC(OC)C1. The summed E-state index contributed by atoms with van der Waals surface area (Å²) in [6.07, 6.45) is 4.96. The third-order valence-electron chi connectivity index (χ3n) is 4.08. The van der Waals surface area contributed by atoms with Crippen LogP contribution in [0.15, 0.2) is 5.38 Å². The number of thiazole rings is 1. The molecule has 1 aliphatic rings. The number of rotatable bonds is 5. The van der Waals surface area contributed by atoms with Gasteiger partial charge in [0.2, 0.25) is 0 Å². The quantitative estimate of drug-likeness (QED) is 0.895. The summed E-state index contributed by atoms with van der Waals surface area (Å²) in [4.78, 5) is 4.89. The second kappa shape index (κ2) is 6.33. The highest BCUT2D eigenvalue weighted by Crippen LogP contribution is 2.40. The molecule has 3 nitrogen and oxygen atoms in total. The highest BCUT2D eigenvalue weighted by Gasteiger charge is 2.39. The molecule has 0 saturated heterocycles. The van der Waals surface area contributed by atoms with Crippen LogP contribution in [0.2, 0.25) is 0 Å². The molecule has 1 N–H and O–H groups in total. The van der Waals surface area contributed by atoms with E-state index in [1.807, 2.05) is 7.11 Å². The number of ether oxygens (including phenoxy) is 1. The van der Waals surface area contributed by atoms with Gasteiger partial charge in [-0.25, -0.2) is 4.98 Å². The Balaban J connectivity index is 2.26. The number of aromatic nitrogens is 1. The highest BCUT2D eigenvalue weighted by atomic mass is 32.1. The van der Waals surface area contributed by atoms with Crippen molar-refractivity contribution < 1.29 is 4.74 Å². The molecule has 1 fully saturated rings. The van der Waals surface area contributed by atoms with Crippen LogP contribution in [0, 0.1) is 0 Å². The smallest absolute Gasteiger partial charge is 0.113 e. The Hall–Kier alpha value is -0.450. The zero-order chi connectivity index (χ0) is 13.9. The van der Waals surface area contributed by atoms with E-state index in [1.165, 1.54) is 30.0 Å². The second-order valence-electron chi connectivity index (χ2n) is 5.80. The molecule has 0 amide bonds. The van der Waals surface area contributed by atoms with E-state index in [1.54, 1.807) is 11.3 Å². The topological polar surface area (TPSA) is 34.2 Å². The molecular weight excluding hydrogens is 256 g/mol. The van der Waals surface area contributed by atoms with Gasteiger partial charge in [-0.1, -0.05) is 20.8 Å². The van der Waals surface area contributed by atoms with Crippen LogP contribution in [-0.4, -0.2) is 24.7 Å². The minimum absolute atomic E-state index is 0.0332. The lowest BCUT2D eigenvalue weighted by atomic mass is 9.80. The molecule has 0 radical (unpaired) electrons. The summed E-state index contributed by atoms with van der Waals surface area (Å²) < 4.78 is 5.61. The van der Waals surface area contributed by atoms with E-state index < -0.39 is 0 Å². The minimum Gasteiger partial charge on any atom is -0.381 e. The molecule has 1 aliphatic carbocycles. The van der Waals surface area contributed by atoms with Gasteiger partial charge < -0.3 is 10.1 Å². The van der Waals surface area contributed by atoms with Gasteiger partial charge in [0.1, 0.15) is 5.01 Å². The van der Waals surface area contributed by atoms with Crippen LogP contribution >= 0.6 is 11.3 Å². The highest BCUT2D eigenvalue weighted by molar-refractivity contribution is 7.09. The maximum Gasteiger partial charge on any atom is 0.113 e. The van der Waals surface area contributed by atoms with Crippen LogP contribution < -0.4 is 5.32 Å². The molecule has 1 aromatic rings. The molecule has 0 spiro atoms. The van der Waals surface area contributed by atoms with E-state index in [-0.39, 0.29) is 5.54 Å². The zero-order valence-corrected chi connectivity index (χ0v) is 13.3. The Morgan fingerprint density at radius 1 is 1.58 bits per heavy atom. The molecule has 1 heterocycles. The minimum atomic E-state index is 0.0332. The summed E-state index contributed by atoms with van der Waals surface area (Å²) in [7, 11) is 1.83. The number of nitrogens with one attached hydrogen (secondary N) is 1. The fourth-order valence-electron chi connectivity index (χ4n) is 2.97. The summed E-state index contributed by atoms with van der Waals surface area (Å²) in [5.41, 5.74) is 1.25. The van der Waals surface area contributed by atoms with Crippen molar-refractivity contribution in [1.82, 2.24) is 10.3 Å². The van der Waals surface area contributed by atoms with Crippen molar-refractivity contribution in [2.45, 2.75) is 64.0 Å². The lowest BCUT2D eigenvalue weighted by molar-refractivity contribution is 0.0296. The molecule has 0 aromatic carbocycles. The fraction of sp³-hybridized carbons (Fsp3) is 0.800. The Kier molecular flexibility index (Phi) is 4.98. The molecule has 19 heavy (non-hydrogen) atoms. The monoisotopic (exact) mass is 282 g/mol. The third-order valence-corrected chi connectivity index (χ3v) is 5.14. The third kappa shape index (κ3) is 3.18. The van der Waals surface area contributed by atoms with Crippen LogP contribution in [0.4, 0.5) is 0 Å². The van der Waals surface area contributed by atoms with Crippen molar-refractivity contribution in [2.75, 3.05) is 13.7 Å². The van der Waals surface area contributed by atoms with Gasteiger partial charge in [-0.15, -0.1) is 11.3 Å². The van der Waals surface area contributed by atoms with E-state index in [0.29, 0.717) is 12.0 Å². The Morgan fingerprint density at radius 2 is 2.37 bits per heavy atom. The first kappa shape index (κ1) is 14.9. The molecule has 2 rings (SSSR count). The maximum atomic E-state index is 5.61. The molecule has 1 saturated carbocycles. The number of nitrogens with zero attached hydrogens (tertiary/aromatic N) is 1. The van der Waals surface area contributed by atoms with Crippen LogP contribution in [0.1, 0.15) is 63.1 Å². The van der Waals surface area contributed by atoms with Gasteiger partial charge in [-0.05, 0) is 38.1 Å². The summed E-state index contributed by atoms with van der Waals surface area (Å²) in [6, 6.07) is 0. The van der Waals surface area contributed by atoms with E-state index in [9.17, 15) is 0 Å². The Bertz CT molecular complexity index is 401. The first-order valence-electron chi connectivity index (χ1n) is 7.35. The zero-order valence-electron chi connectivity index (χ0n) is 12.5. The van der Waals surface area contributed by atoms with Crippen LogP contribution in [0.25, 0.3) is 0 Å². The van der Waals surface area contributed by atoms with E-state index >= 15 is 0 Å². The Labute approximate surface area is 120 Å². The predicted octanol–water partition coefficient (Wildman–Crippen LogP) is 3.66. The van der Waals surface area contributed by atoms with Crippen molar-refractivity contribution in [2.24, 2.45) is 0 Å². The summed E-state index contributed by atoms with van der Waals surface area (Å²) in [5.74, 6) is 0.505. The van der Waals surface area contributed by atoms with Gasteiger partial charge in [0.15, 0.2) is 0 Å². The molecule has 2 unspecified atom stereocenters. The van der Waals surface area contributed by atoms with Gasteiger partial charge in [0.25, 0.3) is 0 Å². The fourth-order valence-corrected chi connectivity index (χ4v) is 4.16. The van der Waals surface area contributed by atoms with Crippen molar-refractivity contribution in [3.8, 4) is 0 Å². The van der Waals surface area contributed by atoms with Crippen LogP contribution in [0.3, 0.4) is 0 Å². The average molecular weight is 282 g/mol. The Morgan fingerprint density at radius 3 is 2.95 bits per heavy atom. The molecule has 108 valence electrons. The molecule has 4 heteroatoms. The average Bonchev–Trinajstić information content (AvgIpc) is 2.89. The van der Waals surface area contributed by atoms with E-state index in [2.05, 4.69) is 31.5 Å². The molecule has 1 aromatic heterocycles. The molecule has 0 aliphatic heterocycles. The van der Waals surface area contributed by atoms with E-state index in [4.69, 9.17) is 9.72 Å². The van der Waals surface area contributed by atoms with Gasteiger partial charge in [0, 0.05) is 12.5 Å². The summed E-state index contributed by atoms with van der Waals surface area (Å²) in [5, 5.41) is 7.17. The number of methoxy groups -OCH3 is 1. The number of hydrogen-bond acceptors (Lipinski definition) is 4. The van der Waals surface area contributed by atoms with Crippen LogP contribution in [0.5, 0.6) is 0 Å². The molecular formula is C15H26N2OS. The summed E-state index contributed by atoms with van der Waals surface area (Å²) >= 11 is 1.81. The first-order chi connectivity index (χ1) is 9.11. The van der Waals surface area contributed by atoms with Gasteiger partial charge in [0.05, 0.1) is 17.3 Å². The predicted molar refractivity (Wildman–Crippen MR) is 80.8 cm³/mol. The van der Waals surface area contributed by atoms with E-state index in [0.717, 1.165) is 13.0 Å². The van der Waals surface area contributed by atoms with Gasteiger partial charge >= 0.3 is 0 Å². The largest absolute Gasteiger partial charge is 0.381 e. The number of hydrogen-bond donors (Lipinski definition) is 1. The normalized spacial score (nSPS) is 27.9. The van der Waals surface area contributed by atoms with Crippen molar-refractivity contribution in [3.63, 3.8) is 0 Å². The summed E-state index contributed by atoms with van der Waals surface area (Å²) in [6.45, 7) is 7.57. The van der Waals surface area contributed by atoms with Crippen LogP contribution in [-0.2, 0) is 10.3 Å². The van der Waals surface area contributed by atoms with Gasteiger partial charge in [-0.3, -0.25) is 0 Å². The lowest BCUT2D eigenvalue weighted by Gasteiger charge is -2.39. The maximum absolute atomic E-state index is 5.61. The van der Waals surface area contributed by atoms with Gasteiger partial charge in [-0.2, -0.15) is 0 Å². The van der Waals surface area contributed by atoms with Crippen molar-refractivity contribution in [3.05, 3.63) is 16.1 Å². The lowest BCUT2D eigenvalue weighted by Crippen LogP contribution is -2.47. The first-order valence-corrected chi connectivity index (χ1v) is 8.23. The second-order valence-corrected chi connectivity index (χ2v) is 6.66. The van der Waals surface area contributed by atoms with Crippen molar-refractivity contribution >= 4 is 11.3 Å². The standard InChI is InChI=1S/C15H26N2OS/c1-5-16-15(8-6-7-12(9-15)18-4)14-17-13(10-19-14)11(2)3/h10-12,16H,5-9H2,1-4H3.